The summed E-state index contributed by atoms with van der Waals surface area (Å²) in [6.07, 6.45) is -14.8. The summed E-state index contributed by atoms with van der Waals surface area (Å²) in [6, 6.07) is 7.44. The number of rotatable bonds is 3. The van der Waals surface area contributed by atoms with Crippen LogP contribution >= 0.6 is 0 Å². The molecule has 0 fully saturated rings. The van der Waals surface area contributed by atoms with E-state index in [4.69, 9.17) is 0 Å². The Morgan fingerprint density at radius 3 is 1.63 bits per heavy atom. The van der Waals surface area contributed by atoms with Gasteiger partial charge in [0, 0.05) is 0 Å². The molecule has 1 nitrogen and oxygen atoms in total. The topological polar surface area (TPSA) is 9.23 Å². The molecule has 0 spiro atoms. The average molecular weight is 286 g/mol. The molecule has 0 heterocycles. The Morgan fingerprint density at radius 2 is 1.26 bits per heavy atom. The molecule has 0 saturated carbocycles. The molecule has 0 N–H and O–H groups in total. The van der Waals surface area contributed by atoms with Gasteiger partial charge in [0.25, 0.3) is 0 Å². The monoisotopic (exact) mass is 286 g/mol. The predicted molar refractivity (Wildman–Crippen MR) is 56.5 cm³/mol. The van der Waals surface area contributed by atoms with E-state index in [0.717, 1.165) is 13.8 Å². The van der Waals surface area contributed by atoms with Crippen molar-refractivity contribution in [3.8, 4) is 0 Å². The zero-order valence-corrected chi connectivity index (χ0v) is 10.1. The molecule has 0 amide bonds. The van der Waals surface area contributed by atoms with Crippen molar-refractivity contribution >= 4 is 0 Å². The van der Waals surface area contributed by atoms with Gasteiger partial charge in [0.05, 0.1) is 5.60 Å². The number of hydrogen-bond donors (Lipinski definition) is 0. The molecule has 0 radical (unpaired) electrons. The van der Waals surface area contributed by atoms with Crippen LogP contribution in [0.15, 0.2) is 30.3 Å². The fourth-order valence-corrected chi connectivity index (χ4v) is 1.52. The maximum atomic E-state index is 12.4. The van der Waals surface area contributed by atoms with Gasteiger partial charge in [-0.1, -0.05) is 30.3 Å². The maximum absolute atomic E-state index is 12.4. The average Bonchev–Trinajstić information content (AvgIpc) is 2.24. The molecule has 0 aliphatic carbocycles. The van der Waals surface area contributed by atoms with Gasteiger partial charge in [-0.25, -0.2) is 0 Å². The summed E-state index contributed by atoms with van der Waals surface area (Å²) < 4.78 is 78.8. The SMILES string of the molecule is CC(C)(OC(C(F)(F)F)C(F)(F)F)c1ccccc1. The lowest BCUT2D eigenvalue weighted by Crippen LogP contribution is -2.48. The van der Waals surface area contributed by atoms with E-state index in [9.17, 15) is 26.3 Å². The van der Waals surface area contributed by atoms with E-state index < -0.39 is 24.1 Å². The first kappa shape index (κ1) is 15.8. The Morgan fingerprint density at radius 1 is 0.842 bits per heavy atom. The lowest BCUT2D eigenvalue weighted by molar-refractivity contribution is -0.343. The van der Waals surface area contributed by atoms with Gasteiger partial charge in [0.15, 0.2) is 0 Å². The number of halogens is 6. The van der Waals surface area contributed by atoms with Crippen LogP contribution in [0.2, 0.25) is 0 Å². The minimum Gasteiger partial charge on any atom is -0.350 e. The van der Waals surface area contributed by atoms with Gasteiger partial charge < -0.3 is 4.74 Å². The fraction of sp³-hybridized carbons (Fsp3) is 0.500. The predicted octanol–water partition coefficient (Wildman–Crippen LogP) is 4.43. The molecule has 1 aromatic rings. The molecule has 19 heavy (non-hydrogen) atoms. The van der Waals surface area contributed by atoms with E-state index in [1.165, 1.54) is 24.3 Å². The summed E-state index contributed by atoms with van der Waals surface area (Å²) in [4.78, 5) is 0. The summed E-state index contributed by atoms with van der Waals surface area (Å²) in [5, 5.41) is 0. The minimum absolute atomic E-state index is 0.230. The number of ether oxygens (including phenoxy) is 1. The van der Waals surface area contributed by atoms with E-state index in [2.05, 4.69) is 4.74 Å². The molecular weight excluding hydrogens is 274 g/mol. The second-order valence-corrected chi connectivity index (χ2v) is 4.46. The van der Waals surface area contributed by atoms with Gasteiger partial charge >= 0.3 is 12.4 Å². The van der Waals surface area contributed by atoms with E-state index in [-0.39, 0.29) is 5.56 Å². The molecule has 1 rings (SSSR count). The maximum Gasteiger partial charge on any atom is 0.423 e. The second-order valence-electron chi connectivity index (χ2n) is 4.46. The first-order valence-corrected chi connectivity index (χ1v) is 5.31. The van der Waals surface area contributed by atoms with Gasteiger partial charge in [0.1, 0.15) is 0 Å². The molecule has 7 heteroatoms. The van der Waals surface area contributed by atoms with Crippen LogP contribution in [0, 0.1) is 0 Å². The van der Waals surface area contributed by atoms with Gasteiger partial charge in [0.2, 0.25) is 6.10 Å². The van der Waals surface area contributed by atoms with Crippen LogP contribution in [0.25, 0.3) is 0 Å². The first-order chi connectivity index (χ1) is 8.44. The van der Waals surface area contributed by atoms with Crippen molar-refractivity contribution < 1.29 is 31.1 Å². The lowest BCUT2D eigenvalue weighted by atomic mass is 9.98. The van der Waals surface area contributed by atoms with Crippen molar-refractivity contribution in [3.05, 3.63) is 35.9 Å². The normalized spacial score (nSPS) is 13.9. The molecule has 0 saturated heterocycles. The van der Waals surface area contributed by atoms with Gasteiger partial charge in [-0.15, -0.1) is 0 Å². The van der Waals surface area contributed by atoms with Crippen LogP contribution < -0.4 is 0 Å². The second kappa shape index (κ2) is 5.03. The number of alkyl halides is 6. The van der Waals surface area contributed by atoms with Crippen LogP contribution in [-0.2, 0) is 10.3 Å². The molecule has 0 aliphatic rings. The van der Waals surface area contributed by atoms with Gasteiger partial charge in [-0.2, -0.15) is 26.3 Å². The zero-order chi connectivity index (χ0) is 14.9. The lowest BCUT2D eigenvalue weighted by Gasteiger charge is -2.33. The largest absolute Gasteiger partial charge is 0.423 e. The zero-order valence-electron chi connectivity index (χ0n) is 10.1. The highest BCUT2D eigenvalue weighted by Crippen LogP contribution is 2.40. The third-order valence-electron chi connectivity index (χ3n) is 2.48. The molecule has 0 unspecified atom stereocenters. The van der Waals surface area contributed by atoms with Crippen LogP contribution in [-0.4, -0.2) is 18.5 Å². The van der Waals surface area contributed by atoms with Crippen molar-refractivity contribution in [2.75, 3.05) is 0 Å². The highest BCUT2D eigenvalue weighted by atomic mass is 19.4. The summed E-state index contributed by atoms with van der Waals surface area (Å²) in [6.45, 7) is 2.32. The van der Waals surface area contributed by atoms with E-state index >= 15 is 0 Å². The van der Waals surface area contributed by atoms with Crippen molar-refractivity contribution in [1.82, 2.24) is 0 Å². The fourth-order valence-electron chi connectivity index (χ4n) is 1.52. The Hall–Kier alpha value is -1.24. The van der Waals surface area contributed by atoms with Crippen molar-refractivity contribution in [3.63, 3.8) is 0 Å². The Labute approximate surface area is 106 Å². The third-order valence-corrected chi connectivity index (χ3v) is 2.48. The van der Waals surface area contributed by atoms with Crippen LogP contribution in [0.3, 0.4) is 0 Å². The smallest absolute Gasteiger partial charge is 0.350 e. The molecule has 1 aromatic carbocycles. The summed E-state index contributed by atoms with van der Waals surface area (Å²) in [5.41, 5.74) is -1.48. The van der Waals surface area contributed by atoms with Crippen LogP contribution in [0.1, 0.15) is 19.4 Å². The first-order valence-electron chi connectivity index (χ1n) is 5.31. The standard InChI is InChI=1S/C12H12F6O/c1-10(2,8-6-4-3-5-7-8)19-9(11(13,14)15)12(16,17)18/h3-7,9H,1-2H3. The Bertz CT molecular complexity index is 392. The molecule has 0 aliphatic heterocycles. The highest BCUT2D eigenvalue weighted by Gasteiger charge is 2.59. The van der Waals surface area contributed by atoms with Crippen molar-refractivity contribution in [2.24, 2.45) is 0 Å². The van der Waals surface area contributed by atoms with Crippen molar-refractivity contribution in [2.45, 2.75) is 37.9 Å². The Kier molecular flexibility index (Phi) is 4.19. The summed E-state index contributed by atoms with van der Waals surface area (Å²) in [5.74, 6) is 0. The highest BCUT2D eigenvalue weighted by molar-refractivity contribution is 5.21. The molecule has 0 aromatic heterocycles. The summed E-state index contributed by atoms with van der Waals surface area (Å²) >= 11 is 0. The molecular formula is C12H12F6O. The quantitative estimate of drug-likeness (QED) is 0.747. The van der Waals surface area contributed by atoms with Gasteiger partial charge in [-0.3, -0.25) is 0 Å². The molecule has 0 bridgehead atoms. The van der Waals surface area contributed by atoms with E-state index in [1.54, 1.807) is 6.07 Å². The van der Waals surface area contributed by atoms with Crippen LogP contribution in [0.5, 0.6) is 0 Å². The van der Waals surface area contributed by atoms with Crippen molar-refractivity contribution in [1.29, 1.82) is 0 Å². The third kappa shape index (κ3) is 4.12. The minimum atomic E-state index is -5.51. The number of hydrogen-bond acceptors (Lipinski definition) is 1. The van der Waals surface area contributed by atoms with Gasteiger partial charge in [-0.05, 0) is 19.4 Å². The number of benzene rings is 1. The molecule has 0 atom stereocenters. The molecule has 108 valence electrons. The Balaban J connectivity index is 3.03. The van der Waals surface area contributed by atoms with E-state index in [0.29, 0.717) is 0 Å². The summed E-state index contributed by atoms with van der Waals surface area (Å²) in [7, 11) is 0. The van der Waals surface area contributed by atoms with E-state index in [1.807, 2.05) is 0 Å². The van der Waals surface area contributed by atoms with Crippen LogP contribution in [0.4, 0.5) is 26.3 Å².